The molecule has 1 saturated carbocycles. The number of carboxylic acid groups (broad SMARTS) is 1. The van der Waals surface area contributed by atoms with Crippen LogP contribution in [0.5, 0.6) is 0 Å². The molecular weight excluding hydrogens is 478 g/mol. The van der Waals surface area contributed by atoms with Gasteiger partial charge in [0.2, 0.25) is 18.0 Å². The fourth-order valence-corrected chi connectivity index (χ4v) is 6.64. The van der Waals surface area contributed by atoms with Gasteiger partial charge in [0.25, 0.3) is 0 Å². The molecule has 0 aromatic rings. The highest BCUT2D eigenvalue weighted by Crippen LogP contribution is 2.60. The van der Waals surface area contributed by atoms with E-state index in [1.165, 1.54) is 11.8 Å². The van der Waals surface area contributed by atoms with Gasteiger partial charge in [-0.15, -0.1) is 0 Å². The fraction of sp³-hybridized carbons (Fsp3) is 0.875. The van der Waals surface area contributed by atoms with Crippen LogP contribution < -0.4 is 5.32 Å². The lowest BCUT2D eigenvalue weighted by Gasteiger charge is -2.59. The van der Waals surface area contributed by atoms with E-state index in [1.54, 1.807) is 0 Å². The van der Waals surface area contributed by atoms with Gasteiger partial charge in [0.15, 0.2) is 11.9 Å². The first-order valence-corrected chi connectivity index (χ1v) is 13.9. The first-order chi connectivity index (χ1) is 16.6. The summed E-state index contributed by atoms with van der Waals surface area (Å²) in [7, 11) is 0. The molecule has 4 saturated heterocycles. The second kappa shape index (κ2) is 10.5. The van der Waals surface area contributed by atoms with Crippen molar-refractivity contribution in [2.75, 3.05) is 12.0 Å². The molecule has 1 aliphatic carbocycles. The summed E-state index contributed by atoms with van der Waals surface area (Å²) in [4.78, 5) is 48.1. The number of carboxylic acids is 1. The number of rotatable bonds is 9. The van der Waals surface area contributed by atoms with Crippen molar-refractivity contribution in [1.82, 2.24) is 5.32 Å². The maximum atomic E-state index is 12.6. The molecule has 4 heterocycles. The van der Waals surface area contributed by atoms with Gasteiger partial charge in [-0.05, 0) is 56.5 Å². The van der Waals surface area contributed by atoms with Gasteiger partial charge in [-0.1, -0.05) is 13.8 Å². The summed E-state index contributed by atoms with van der Waals surface area (Å²) >= 11 is 1.50. The Morgan fingerprint density at radius 3 is 2.63 bits per heavy atom. The number of esters is 1. The average Bonchev–Trinajstić information content (AvgIpc) is 3.04. The predicted octanol–water partition coefficient (Wildman–Crippen LogP) is 2.84. The van der Waals surface area contributed by atoms with Crippen LogP contribution in [0.2, 0.25) is 0 Å². The van der Waals surface area contributed by atoms with E-state index in [9.17, 15) is 19.5 Å². The van der Waals surface area contributed by atoms with Crippen LogP contribution in [-0.2, 0) is 38.4 Å². The van der Waals surface area contributed by atoms with Crippen LogP contribution in [-0.4, -0.2) is 65.0 Å². The number of hydrogen-bond acceptors (Lipinski definition) is 9. The average molecular weight is 516 g/mol. The normalized spacial score (nSPS) is 40.8. The fourth-order valence-electron chi connectivity index (χ4n) is 6.17. The summed E-state index contributed by atoms with van der Waals surface area (Å²) in [6.07, 6.45) is 3.82. The smallest absolute Gasteiger partial charge is 0.326 e. The zero-order chi connectivity index (χ0) is 25.4. The number of carbonyl (C=O) groups excluding carboxylic acids is 2. The highest BCUT2D eigenvalue weighted by Gasteiger charge is 2.69. The Balaban J connectivity index is 1.37. The van der Waals surface area contributed by atoms with Crippen LogP contribution in [0, 0.1) is 23.7 Å². The Labute approximate surface area is 210 Å². The van der Waals surface area contributed by atoms with E-state index in [2.05, 4.69) is 12.2 Å². The zero-order valence-electron chi connectivity index (χ0n) is 20.8. The predicted molar refractivity (Wildman–Crippen MR) is 125 cm³/mol. The maximum absolute atomic E-state index is 12.6. The molecule has 4 aliphatic heterocycles. The molecule has 2 bridgehead atoms. The summed E-state index contributed by atoms with van der Waals surface area (Å²) in [5.41, 5.74) is -0.738. The first kappa shape index (κ1) is 26.7. The molecule has 35 heavy (non-hydrogen) atoms. The quantitative estimate of drug-likeness (QED) is 0.349. The van der Waals surface area contributed by atoms with E-state index in [0.29, 0.717) is 24.5 Å². The Kier molecular flexibility index (Phi) is 8.02. The van der Waals surface area contributed by atoms with Crippen LogP contribution in [0.25, 0.3) is 0 Å². The van der Waals surface area contributed by atoms with Gasteiger partial charge < -0.3 is 24.6 Å². The van der Waals surface area contributed by atoms with E-state index >= 15 is 0 Å². The van der Waals surface area contributed by atoms with Crippen molar-refractivity contribution in [3.63, 3.8) is 0 Å². The summed E-state index contributed by atoms with van der Waals surface area (Å²) < 4.78 is 18.2. The van der Waals surface area contributed by atoms with Crippen molar-refractivity contribution >= 4 is 29.6 Å². The summed E-state index contributed by atoms with van der Waals surface area (Å²) in [5, 5.41) is 11.8. The minimum Gasteiger partial charge on any atom is -0.480 e. The van der Waals surface area contributed by atoms with E-state index in [-0.39, 0.29) is 30.6 Å². The molecule has 0 unspecified atom stereocenters. The monoisotopic (exact) mass is 515 g/mol. The number of nitrogens with one attached hydrogen (secondary N) is 1. The third-order valence-corrected chi connectivity index (χ3v) is 8.79. The van der Waals surface area contributed by atoms with E-state index in [0.717, 1.165) is 19.3 Å². The van der Waals surface area contributed by atoms with Gasteiger partial charge in [-0.25, -0.2) is 14.6 Å². The van der Waals surface area contributed by atoms with E-state index in [1.807, 2.05) is 20.1 Å². The van der Waals surface area contributed by atoms with Gasteiger partial charge in [0.05, 0.1) is 6.42 Å². The number of carbonyl (C=O) groups is 3. The lowest BCUT2D eigenvalue weighted by atomic mass is 9.58. The number of ether oxygens (including phenoxy) is 3. The van der Waals surface area contributed by atoms with Crippen molar-refractivity contribution in [3.8, 4) is 0 Å². The molecule has 5 fully saturated rings. The molecule has 1 amide bonds. The van der Waals surface area contributed by atoms with Crippen LogP contribution >= 0.6 is 11.8 Å². The number of aliphatic carboxylic acids is 1. The lowest BCUT2D eigenvalue weighted by Crippen LogP contribution is -2.70. The number of hydrogen-bond donors (Lipinski definition) is 2. The van der Waals surface area contributed by atoms with Crippen LogP contribution in [0.3, 0.4) is 0 Å². The van der Waals surface area contributed by atoms with Gasteiger partial charge in [0.1, 0.15) is 6.04 Å². The molecule has 0 radical (unpaired) electrons. The van der Waals surface area contributed by atoms with Crippen LogP contribution in [0.15, 0.2) is 0 Å². The molecule has 5 aliphatic rings. The molecule has 0 aromatic heterocycles. The van der Waals surface area contributed by atoms with Crippen molar-refractivity contribution in [2.24, 2.45) is 23.7 Å². The summed E-state index contributed by atoms with van der Waals surface area (Å²) in [6, 6.07) is -0.975. The first-order valence-electron chi connectivity index (χ1n) is 12.5. The van der Waals surface area contributed by atoms with Gasteiger partial charge in [0, 0.05) is 24.7 Å². The van der Waals surface area contributed by atoms with Gasteiger partial charge in [-0.2, -0.15) is 11.8 Å². The topological polar surface area (TPSA) is 130 Å². The minimum atomic E-state index is -1.09. The maximum Gasteiger partial charge on any atom is 0.326 e. The third kappa shape index (κ3) is 5.20. The molecular formula is C24H37NO9S. The number of fused-ring (bicyclic) bond motifs is 2. The van der Waals surface area contributed by atoms with Crippen LogP contribution in [0.1, 0.15) is 65.7 Å². The standard InChI is InChI=1S/C24H37NO9S/c1-13-5-6-16-14(2)21(31-22-24(16)15(13)9-11-23(3,32-22)33-34-24)30-19(27)8-7-18(26)25-17(20(28)29)10-12-35-4/h13-17,21-22H,5-12H2,1-4H3,(H,25,26)(H,28,29)/t13-,14-,15+,16+,17+,21-,22-,23+,24-/m1/s1. The molecule has 10 nitrogen and oxygen atoms in total. The van der Waals surface area contributed by atoms with E-state index < -0.39 is 47.9 Å². The van der Waals surface area contributed by atoms with Crippen molar-refractivity contribution in [3.05, 3.63) is 0 Å². The largest absolute Gasteiger partial charge is 0.480 e. The Bertz CT molecular complexity index is 827. The molecule has 5 rings (SSSR count). The minimum absolute atomic E-state index is 0.0268. The van der Waals surface area contributed by atoms with E-state index in [4.69, 9.17) is 24.0 Å². The number of thioether (sulfide) groups is 1. The van der Waals surface area contributed by atoms with Gasteiger partial charge >= 0.3 is 11.9 Å². The molecule has 0 aromatic carbocycles. The Hall–Kier alpha value is -1.40. The molecule has 198 valence electrons. The summed E-state index contributed by atoms with van der Waals surface area (Å²) in [5.74, 6) is -1.96. The second-order valence-electron chi connectivity index (χ2n) is 10.5. The Morgan fingerprint density at radius 1 is 1.14 bits per heavy atom. The SMILES string of the molecule is CSCC[C@H](NC(=O)CCC(=O)O[C@@H]1O[C@@H]2O[C@]3(C)CC[C@H]4[C@H](C)CC[C@@H]([C@H]1C)[C@@]24OO3)C(=O)O. The van der Waals surface area contributed by atoms with Crippen LogP contribution in [0.4, 0.5) is 0 Å². The highest BCUT2D eigenvalue weighted by atomic mass is 32.2. The zero-order valence-corrected chi connectivity index (χ0v) is 21.6. The van der Waals surface area contributed by atoms with Crippen molar-refractivity contribution < 1.29 is 43.5 Å². The van der Waals surface area contributed by atoms with Crippen molar-refractivity contribution in [1.29, 1.82) is 0 Å². The lowest BCUT2D eigenvalue weighted by molar-refractivity contribution is -0.576. The third-order valence-electron chi connectivity index (χ3n) is 8.14. The number of amides is 1. The van der Waals surface area contributed by atoms with Crippen molar-refractivity contribution in [2.45, 2.75) is 95.7 Å². The molecule has 11 heteroatoms. The second-order valence-corrected chi connectivity index (χ2v) is 11.5. The summed E-state index contributed by atoms with van der Waals surface area (Å²) in [6.45, 7) is 6.05. The highest BCUT2D eigenvalue weighted by molar-refractivity contribution is 7.98. The molecule has 1 spiro atoms. The molecule has 2 N–H and O–H groups in total. The Morgan fingerprint density at radius 2 is 1.91 bits per heavy atom. The van der Waals surface area contributed by atoms with Gasteiger partial charge in [-0.3, -0.25) is 9.59 Å². The molecule has 9 atom stereocenters.